The van der Waals surface area contributed by atoms with Crippen molar-refractivity contribution in [1.29, 1.82) is 0 Å². The van der Waals surface area contributed by atoms with Crippen LogP contribution in [0.1, 0.15) is 13.8 Å². The second-order valence-corrected chi connectivity index (χ2v) is 7.25. The zero-order valence-corrected chi connectivity index (χ0v) is 18.0. The van der Waals surface area contributed by atoms with Gasteiger partial charge in [-0.1, -0.05) is 12.0 Å². The smallest absolute Gasteiger partial charge is 0.337 e. The molecule has 1 N–H and O–H groups in total. The van der Waals surface area contributed by atoms with E-state index >= 15 is 0 Å². The van der Waals surface area contributed by atoms with Crippen LogP contribution in [0, 0.1) is 11.8 Å². The van der Waals surface area contributed by atoms with E-state index in [4.69, 9.17) is 9.72 Å². The highest BCUT2D eigenvalue weighted by Crippen LogP contribution is 2.23. The number of nitrogens with one attached hydrogen (secondary N) is 1. The summed E-state index contributed by atoms with van der Waals surface area (Å²) >= 11 is 0. The van der Waals surface area contributed by atoms with E-state index in [1.807, 2.05) is 29.7 Å². The van der Waals surface area contributed by atoms with Crippen molar-refractivity contribution in [3.8, 4) is 23.3 Å². The SMILES string of the molecule is CC#CCn1c(N2CCNCC2)nc2c1c(=O)n(C)c(=O)n2-c1cccc(OCC)c1. The van der Waals surface area contributed by atoms with Crippen LogP contribution >= 0.6 is 0 Å². The van der Waals surface area contributed by atoms with Gasteiger partial charge in [0.2, 0.25) is 5.95 Å². The highest BCUT2D eigenvalue weighted by Gasteiger charge is 2.25. The molecule has 0 spiro atoms. The fourth-order valence-corrected chi connectivity index (χ4v) is 3.81. The van der Waals surface area contributed by atoms with Gasteiger partial charge in [-0.25, -0.2) is 9.36 Å². The van der Waals surface area contributed by atoms with E-state index in [9.17, 15) is 9.59 Å². The Bertz CT molecular complexity index is 1280. The fourth-order valence-electron chi connectivity index (χ4n) is 3.81. The van der Waals surface area contributed by atoms with Gasteiger partial charge in [0, 0.05) is 39.3 Å². The van der Waals surface area contributed by atoms with Crippen molar-refractivity contribution in [1.82, 2.24) is 24.0 Å². The van der Waals surface area contributed by atoms with E-state index in [1.54, 1.807) is 13.0 Å². The van der Waals surface area contributed by atoms with Crippen LogP contribution in [0.5, 0.6) is 5.75 Å². The highest BCUT2D eigenvalue weighted by atomic mass is 16.5. The average molecular weight is 422 g/mol. The average Bonchev–Trinajstić information content (AvgIpc) is 3.16. The molecule has 3 aromatic rings. The summed E-state index contributed by atoms with van der Waals surface area (Å²) in [6.07, 6.45) is 0. The van der Waals surface area contributed by atoms with Crippen LogP contribution < -0.4 is 26.2 Å². The van der Waals surface area contributed by atoms with E-state index in [2.05, 4.69) is 22.1 Å². The number of hydrogen-bond acceptors (Lipinski definition) is 6. The second-order valence-electron chi connectivity index (χ2n) is 7.25. The molecular weight excluding hydrogens is 396 g/mol. The van der Waals surface area contributed by atoms with Crippen molar-refractivity contribution in [2.24, 2.45) is 7.05 Å². The molecule has 0 bridgehead atoms. The number of aromatic nitrogens is 4. The van der Waals surface area contributed by atoms with Gasteiger partial charge in [-0.2, -0.15) is 4.98 Å². The van der Waals surface area contributed by atoms with Crippen molar-refractivity contribution in [3.05, 3.63) is 45.1 Å². The van der Waals surface area contributed by atoms with Gasteiger partial charge >= 0.3 is 5.69 Å². The van der Waals surface area contributed by atoms with Crippen LogP contribution in [0.25, 0.3) is 16.9 Å². The molecule has 0 unspecified atom stereocenters. The number of fused-ring (bicyclic) bond motifs is 1. The molecule has 1 saturated heterocycles. The lowest BCUT2D eigenvalue weighted by Crippen LogP contribution is -2.44. The zero-order valence-electron chi connectivity index (χ0n) is 18.0. The molecule has 0 saturated carbocycles. The summed E-state index contributed by atoms with van der Waals surface area (Å²) in [6, 6.07) is 7.24. The number of anilines is 1. The lowest BCUT2D eigenvalue weighted by Gasteiger charge is -2.28. The summed E-state index contributed by atoms with van der Waals surface area (Å²) < 4.78 is 10.0. The summed E-state index contributed by atoms with van der Waals surface area (Å²) in [5, 5.41) is 3.32. The van der Waals surface area contributed by atoms with E-state index in [0.717, 1.165) is 30.7 Å². The molecule has 1 aliphatic heterocycles. The van der Waals surface area contributed by atoms with E-state index in [0.29, 0.717) is 41.7 Å². The Morgan fingerprint density at radius 2 is 2.00 bits per heavy atom. The standard InChI is InChI=1S/C22H26N6O3/c1-4-6-12-27-18-19(24-21(27)26-13-10-23-11-14-26)28(22(30)25(3)20(18)29)16-8-7-9-17(15-16)31-5-2/h7-9,15,23H,5,10-14H2,1-3H3. The molecular formula is C22H26N6O3. The molecule has 1 fully saturated rings. The normalized spacial score (nSPS) is 13.8. The topological polar surface area (TPSA) is 86.3 Å². The van der Waals surface area contributed by atoms with Gasteiger partial charge in [0.25, 0.3) is 5.56 Å². The molecule has 9 heteroatoms. The molecule has 1 aromatic carbocycles. The summed E-state index contributed by atoms with van der Waals surface area (Å²) in [4.78, 5) is 33.3. The van der Waals surface area contributed by atoms with Gasteiger partial charge < -0.3 is 15.0 Å². The summed E-state index contributed by atoms with van der Waals surface area (Å²) in [5.41, 5.74) is 0.441. The maximum Gasteiger partial charge on any atom is 0.337 e. The van der Waals surface area contributed by atoms with Gasteiger partial charge in [0.1, 0.15) is 5.75 Å². The van der Waals surface area contributed by atoms with Crippen LogP contribution in [0.3, 0.4) is 0 Å². The minimum atomic E-state index is -0.454. The molecule has 1 aliphatic rings. The maximum absolute atomic E-state index is 13.2. The predicted octanol–water partition coefficient (Wildman–Crippen LogP) is 0.718. The Morgan fingerprint density at radius 1 is 1.23 bits per heavy atom. The van der Waals surface area contributed by atoms with Crippen molar-refractivity contribution in [2.75, 3.05) is 37.7 Å². The van der Waals surface area contributed by atoms with E-state index < -0.39 is 5.69 Å². The lowest BCUT2D eigenvalue weighted by atomic mass is 10.3. The fraction of sp³-hybridized carbons (Fsp3) is 0.409. The molecule has 31 heavy (non-hydrogen) atoms. The quantitative estimate of drug-likeness (QED) is 0.610. The molecule has 162 valence electrons. The van der Waals surface area contributed by atoms with E-state index in [1.165, 1.54) is 11.6 Å². The monoisotopic (exact) mass is 422 g/mol. The van der Waals surface area contributed by atoms with Crippen molar-refractivity contribution in [2.45, 2.75) is 20.4 Å². The summed E-state index contributed by atoms with van der Waals surface area (Å²) in [7, 11) is 1.49. The number of benzene rings is 1. The molecule has 0 radical (unpaired) electrons. The number of nitrogens with zero attached hydrogens (tertiary/aromatic N) is 5. The lowest BCUT2D eigenvalue weighted by molar-refractivity contribution is 0.340. The Kier molecular flexibility index (Phi) is 5.82. The maximum atomic E-state index is 13.2. The second kappa shape index (κ2) is 8.70. The number of rotatable bonds is 5. The Morgan fingerprint density at radius 3 is 2.71 bits per heavy atom. The number of piperazine rings is 1. The number of hydrogen-bond donors (Lipinski definition) is 1. The first-order chi connectivity index (χ1) is 15.1. The van der Waals surface area contributed by atoms with Crippen molar-refractivity contribution >= 4 is 17.1 Å². The third kappa shape index (κ3) is 3.70. The molecule has 2 aromatic heterocycles. The number of imidazole rings is 1. The third-order valence-corrected chi connectivity index (χ3v) is 5.33. The van der Waals surface area contributed by atoms with Crippen LogP contribution in [0.2, 0.25) is 0 Å². The minimum absolute atomic E-state index is 0.318. The summed E-state index contributed by atoms with van der Waals surface area (Å²) in [6.45, 7) is 7.65. The van der Waals surface area contributed by atoms with Gasteiger partial charge in [0.15, 0.2) is 11.2 Å². The van der Waals surface area contributed by atoms with Gasteiger partial charge in [0.05, 0.1) is 18.8 Å². The van der Waals surface area contributed by atoms with Crippen LogP contribution in [0.4, 0.5) is 5.95 Å². The molecule has 0 aliphatic carbocycles. The van der Waals surface area contributed by atoms with Gasteiger partial charge in [-0.3, -0.25) is 13.9 Å². The largest absolute Gasteiger partial charge is 0.494 e. The van der Waals surface area contributed by atoms with Crippen LogP contribution in [-0.2, 0) is 13.6 Å². The first-order valence-electron chi connectivity index (χ1n) is 10.4. The Labute approximate surface area is 179 Å². The number of ether oxygens (including phenoxy) is 1. The van der Waals surface area contributed by atoms with Crippen LogP contribution in [-0.4, -0.2) is 51.5 Å². The highest BCUT2D eigenvalue weighted by molar-refractivity contribution is 5.77. The van der Waals surface area contributed by atoms with Crippen molar-refractivity contribution < 1.29 is 4.74 Å². The molecule has 0 atom stereocenters. The Balaban J connectivity index is 2.04. The zero-order chi connectivity index (χ0) is 22.0. The summed E-state index contributed by atoms with van der Waals surface area (Å²) in [5.74, 6) is 7.23. The Hall–Kier alpha value is -3.51. The van der Waals surface area contributed by atoms with Gasteiger partial charge in [-0.05, 0) is 26.0 Å². The van der Waals surface area contributed by atoms with Crippen molar-refractivity contribution in [3.63, 3.8) is 0 Å². The third-order valence-electron chi connectivity index (χ3n) is 5.33. The van der Waals surface area contributed by atoms with Gasteiger partial charge in [-0.15, -0.1) is 5.92 Å². The predicted molar refractivity (Wildman–Crippen MR) is 120 cm³/mol. The van der Waals surface area contributed by atoms with E-state index in [-0.39, 0.29) is 5.56 Å². The molecule has 9 nitrogen and oxygen atoms in total. The molecule has 3 heterocycles. The minimum Gasteiger partial charge on any atom is -0.494 e. The van der Waals surface area contributed by atoms with Crippen LogP contribution in [0.15, 0.2) is 33.9 Å². The molecule has 4 rings (SSSR count). The first kappa shape index (κ1) is 20.8. The first-order valence-corrected chi connectivity index (χ1v) is 10.4. The molecule has 0 amide bonds.